The van der Waals surface area contributed by atoms with Crippen LogP contribution in [0.25, 0.3) is 0 Å². The Bertz CT molecular complexity index is 666. The zero-order chi connectivity index (χ0) is 15.2. The molecule has 0 spiro atoms. The number of hydrogen-bond donors (Lipinski definition) is 0. The number of benzene rings is 2. The molecule has 0 aliphatic carbocycles. The van der Waals surface area contributed by atoms with Gasteiger partial charge in [-0.05, 0) is 59.7 Å². The molecule has 0 aromatic heterocycles. The number of aliphatic imine (C=N–C) groups is 1. The Morgan fingerprint density at radius 1 is 1.19 bits per heavy atom. The first-order chi connectivity index (χ1) is 10.1. The number of carbonyl (C=O) groups is 1. The van der Waals surface area contributed by atoms with Crippen molar-refractivity contribution in [3.8, 4) is 0 Å². The van der Waals surface area contributed by atoms with Crippen molar-refractivity contribution in [1.82, 2.24) is 0 Å². The lowest BCUT2D eigenvalue weighted by molar-refractivity contribution is -0.136. The maximum Gasteiger partial charge on any atom is 0.352 e. The van der Waals surface area contributed by atoms with Gasteiger partial charge >= 0.3 is 5.97 Å². The zero-order valence-electron chi connectivity index (χ0n) is 12.0. The minimum atomic E-state index is -0.392. The summed E-state index contributed by atoms with van der Waals surface area (Å²) in [5.74, 6) is -0.392. The van der Waals surface area contributed by atoms with Crippen molar-refractivity contribution in [2.24, 2.45) is 4.99 Å². The zero-order valence-corrected chi connectivity index (χ0v) is 14.1. The molecule has 0 saturated heterocycles. The molecule has 4 heteroatoms. The lowest BCUT2D eigenvalue weighted by Crippen LogP contribution is -2.14. The molecule has 0 amide bonds. The fourth-order valence-corrected chi connectivity index (χ4v) is 2.22. The van der Waals surface area contributed by atoms with Gasteiger partial charge in [0.1, 0.15) is 12.3 Å². The first kappa shape index (κ1) is 15.7. The summed E-state index contributed by atoms with van der Waals surface area (Å²) < 4.78 is 6.27. The van der Waals surface area contributed by atoms with E-state index in [1.165, 1.54) is 0 Å². The third-order valence-corrected chi connectivity index (χ3v) is 3.81. The Morgan fingerprint density at radius 2 is 1.90 bits per heavy atom. The highest BCUT2D eigenvalue weighted by Crippen LogP contribution is 2.22. The molecular weight excluding hydrogens is 377 g/mol. The molecule has 2 rings (SSSR count). The van der Waals surface area contributed by atoms with E-state index in [1.54, 1.807) is 6.92 Å². The van der Waals surface area contributed by atoms with E-state index >= 15 is 0 Å². The fraction of sp³-hybridized carbons (Fsp3) is 0.176. The van der Waals surface area contributed by atoms with Crippen LogP contribution in [0.4, 0.5) is 5.69 Å². The van der Waals surface area contributed by atoms with Gasteiger partial charge in [-0.3, -0.25) is 0 Å². The summed E-state index contributed by atoms with van der Waals surface area (Å²) in [4.78, 5) is 16.3. The van der Waals surface area contributed by atoms with E-state index in [1.807, 2.05) is 55.5 Å². The Kier molecular flexibility index (Phi) is 5.50. The second kappa shape index (κ2) is 7.36. The normalized spacial score (nSPS) is 11.3. The molecule has 0 N–H and O–H groups in total. The fourth-order valence-electron chi connectivity index (χ4n) is 1.76. The van der Waals surface area contributed by atoms with Crippen molar-refractivity contribution in [3.05, 3.63) is 63.2 Å². The van der Waals surface area contributed by atoms with Gasteiger partial charge in [0.2, 0.25) is 0 Å². The molecule has 0 atom stereocenters. The lowest BCUT2D eigenvalue weighted by atomic mass is 10.2. The van der Waals surface area contributed by atoms with Crippen molar-refractivity contribution in [2.45, 2.75) is 20.5 Å². The van der Waals surface area contributed by atoms with E-state index in [0.29, 0.717) is 5.71 Å². The Labute approximate surface area is 138 Å². The smallest absolute Gasteiger partial charge is 0.352 e. The molecule has 108 valence electrons. The maximum atomic E-state index is 12.0. The standard InChI is InChI=1S/C17H16INO2/c1-12-8-9-15(18)16(10-12)19-13(2)17(20)21-11-14-6-4-3-5-7-14/h3-10H,11H2,1-2H3. The van der Waals surface area contributed by atoms with Crippen molar-refractivity contribution in [3.63, 3.8) is 0 Å². The average Bonchev–Trinajstić information content (AvgIpc) is 2.49. The van der Waals surface area contributed by atoms with Gasteiger partial charge in [-0.2, -0.15) is 0 Å². The molecule has 0 unspecified atom stereocenters. The number of aryl methyl sites for hydroxylation is 1. The van der Waals surface area contributed by atoms with Crippen LogP contribution in [0.15, 0.2) is 53.5 Å². The topological polar surface area (TPSA) is 38.7 Å². The van der Waals surface area contributed by atoms with E-state index < -0.39 is 5.97 Å². The molecule has 21 heavy (non-hydrogen) atoms. The second-order valence-electron chi connectivity index (χ2n) is 4.71. The van der Waals surface area contributed by atoms with Crippen LogP contribution in [0, 0.1) is 10.5 Å². The second-order valence-corrected chi connectivity index (χ2v) is 5.88. The van der Waals surface area contributed by atoms with Crippen molar-refractivity contribution in [1.29, 1.82) is 0 Å². The van der Waals surface area contributed by atoms with E-state index in [9.17, 15) is 4.79 Å². The maximum absolute atomic E-state index is 12.0. The van der Waals surface area contributed by atoms with E-state index in [-0.39, 0.29) is 6.61 Å². The van der Waals surface area contributed by atoms with Crippen LogP contribution >= 0.6 is 22.6 Å². The van der Waals surface area contributed by atoms with Gasteiger partial charge in [-0.25, -0.2) is 9.79 Å². The minimum Gasteiger partial charge on any atom is -0.456 e. The third-order valence-electron chi connectivity index (χ3n) is 2.90. The first-order valence-electron chi connectivity index (χ1n) is 6.59. The van der Waals surface area contributed by atoms with Crippen LogP contribution in [0.1, 0.15) is 18.1 Å². The molecule has 0 aliphatic rings. The SMILES string of the molecule is CC(=Nc1cc(C)ccc1I)C(=O)OCc1ccccc1. The highest BCUT2D eigenvalue weighted by molar-refractivity contribution is 14.1. The van der Waals surface area contributed by atoms with Gasteiger partial charge in [0, 0.05) is 3.57 Å². The number of ether oxygens (including phenoxy) is 1. The summed E-state index contributed by atoms with van der Waals surface area (Å²) >= 11 is 2.21. The van der Waals surface area contributed by atoms with E-state index in [4.69, 9.17) is 4.74 Å². The summed E-state index contributed by atoms with van der Waals surface area (Å²) in [6, 6.07) is 15.6. The molecule has 0 aliphatic heterocycles. The predicted octanol–water partition coefficient (Wildman–Crippen LogP) is 4.44. The highest BCUT2D eigenvalue weighted by Gasteiger charge is 2.09. The van der Waals surface area contributed by atoms with Crippen molar-refractivity contribution >= 4 is 40.0 Å². The van der Waals surface area contributed by atoms with Crippen LogP contribution in [0.5, 0.6) is 0 Å². The summed E-state index contributed by atoms with van der Waals surface area (Å²) in [5.41, 5.74) is 3.22. The molecule has 0 saturated carbocycles. The number of nitrogens with zero attached hydrogens (tertiary/aromatic N) is 1. The monoisotopic (exact) mass is 393 g/mol. The third kappa shape index (κ3) is 4.67. The summed E-state index contributed by atoms with van der Waals surface area (Å²) in [6.07, 6.45) is 0. The van der Waals surface area contributed by atoms with Gasteiger partial charge in [-0.1, -0.05) is 36.4 Å². The van der Waals surface area contributed by atoms with Crippen molar-refractivity contribution < 1.29 is 9.53 Å². The number of carbonyl (C=O) groups excluding carboxylic acids is 1. The Balaban J connectivity index is 2.05. The van der Waals surface area contributed by atoms with E-state index in [2.05, 4.69) is 27.6 Å². The van der Waals surface area contributed by atoms with Gasteiger partial charge in [-0.15, -0.1) is 0 Å². The molecule has 0 heterocycles. The number of halogens is 1. The van der Waals surface area contributed by atoms with Crippen LogP contribution in [0.2, 0.25) is 0 Å². The van der Waals surface area contributed by atoms with E-state index in [0.717, 1.165) is 20.4 Å². The Morgan fingerprint density at radius 3 is 2.62 bits per heavy atom. The molecule has 2 aromatic rings. The van der Waals surface area contributed by atoms with Crippen LogP contribution in [0.3, 0.4) is 0 Å². The summed E-state index contributed by atoms with van der Waals surface area (Å²) in [5, 5.41) is 0. The van der Waals surface area contributed by atoms with Gasteiger partial charge in [0.15, 0.2) is 0 Å². The molecule has 0 fully saturated rings. The van der Waals surface area contributed by atoms with Crippen LogP contribution < -0.4 is 0 Å². The number of hydrogen-bond acceptors (Lipinski definition) is 3. The summed E-state index contributed by atoms with van der Waals surface area (Å²) in [7, 11) is 0. The molecule has 3 nitrogen and oxygen atoms in total. The van der Waals surface area contributed by atoms with Gasteiger partial charge in [0.05, 0.1) is 5.69 Å². The molecule has 2 aromatic carbocycles. The minimum absolute atomic E-state index is 0.261. The molecule has 0 radical (unpaired) electrons. The van der Waals surface area contributed by atoms with Crippen molar-refractivity contribution in [2.75, 3.05) is 0 Å². The van der Waals surface area contributed by atoms with Crippen LogP contribution in [-0.4, -0.2) is 11.7 Å². The van der Waals surface area contributed by atoms with Crippen LogP contribution in [-0.2, 0) is 16.1 Å². The van der Waals surface area contributed by atoms with Gasteiger partial charge in [0.25, 0.3) is 0 Å². The first-order valence-corrected chi connectivity index (χ1v) is 7.66. The lowest BCUT2D eigenvalue weighted by Gasteiger charge is -2.06. The predicted molar refractivity (Wildman–Crippen MR) is 92.9 cm³/mol. The molecule has 0 bridgehead atoms. The van der Waals surface area contributed by atoms with Gasteiger partial charge < -0.3 is 4.74 Å². The largest absolute Gasteiger partial charge is 0.456 e. The Hall–Kier alpha value is -1.69. The average molecular weight is 393 g/mol. The highest BCUT2D eigenvalue weighted by atomic mass is 127. The molecular formula is C17H16INO2. The quantitative estimate of drug-likeness (QED) is 0.438. The summed E-state index contributed by atoms with van der Waals surface area (Å²) in [6.45, 7) is 3.93. The number of esters is 1. The number of rotatable bonds is 4.